The SMILES string of the molecule is Cc1cccc(NC(=O)COc2ccc(S(=O)(=O)N(C)C)cc2)c1C. The minimum atomic E-state index is -3.48. The van der Waals surface area contributed by atoms with Crippen molar-refractivity contribution in [1.82, 2.24) is 4.31 Å². The highest BCUT2D eigenvalue weighted by Gasteiger charge is 2.16. The maximum Gasteiger partial charge on any atom is 0.262 e. The minimum absolute atomic E-state index is 0.160. The molecule has 0 fully saturated rings. The topological polar surface area (TPSA) is 75.7 Å². The van der Waals surface area contributed by atoms with Gasteiger partial charge in [-0.2, -0.15) is 0 Å². The lowest BCUT2D eigenvalue weighted by atomic mass is 10.1. The van der Waals surface area contributed by atoms with Crippen molar-refractivity contribution in [3.05, 3.63) is 53.6 Å². The Kier molecular flexibility index (Phi) is 5.81. The molecule has 2 rings (SSSR count). The summed E-state index contributed by atoms with van der Waals surface area (Å²) in [4.78, 5) is 12.2. The summed E-state index contributed by atoms with van der Waals surface area (Å²) >= 11 is 0. The molecule has 0 saturated carbocycles. The van der Waals surface area contributed by atoms with Crippen LogP contribution in [-0.2, 0) is 14.8 Å². The van der Waals surface area contributed by atoms with Gasteiger partial charge in [-0.05, 0) is 55.3 Å². The molecule has 1 N–H and O–H groups in total. The average molecular weight is 362 g/mol. The van der Waals surface area contributed by atoms with Crippen molar-refractivity contribution in [2.75, 3.05) is 26.0 Å². The van der Waals surface area contributed by atoms with Crippen molar-refractivity contribution in [3.63, 3.8) is 0 Å². The molecule has 0 heterocycles. The summed E-state index contributed by atoms with van der Waals surface area (Å²) in [7, 11) is -0.537. The van der Waals surface area contributed by atoms with Crippen LogP contribution >= 0.6 is 0 Å². The molecule has 134 valence electrons. The first-order valence-corrected chi connectivity index (χ1v) is 9.17. The van der Waals surface area contributed by atoms with E-state index < -0.39 is 10.0 Å². The van der Waals surface area contributed by atoms with Crippen LogP contribution in [0, 0.1) is 13.8 Å². The smallest absolute Gasteiger partial charge is 0.262 e. The molecular weight excluding hydrogens is 340 g/mol. The van der Waals surface area contributed by atoms with Crippen LogP contribution in [0.2, 0.25) is 0 Å². The molecule has 2 aromatic rings. The zero-order valence-corrected chi connectivity index (χ0v) is 15.6. The molecule has 0 bridgehead atoms. The number of aryl methyl sites for hydroxylation is 1. The van der Waals surface area contributed by atoms with Crippen LogP contribution in [0.3, 0.4) is 0 Å². The number of nitrogens with one attached hydrogen (secondary N) is 1. The number of carbonyl (C=O) groups is 1. The summed E-state index contributed by atoms with van der Waals surface area (Å²) in [6.45, 7) is 3.76. The third-order valence-corrected chi connectivity index (χ3v) is 5.68. The Morgan fingerprint density at radius 3 is 2.32 bits per heavy atom. The molecule has 0 aromatic heterocycles. The summed E-state index contributed by atoms with van der Waals surface area (Å²) < 4.78 is 30.5. The lowest BCUT2D eigenvalue weighted by Crippen LogP contribution is -2.22. The van der Waals surface area contributed by atoms with Crippen molar-refractivity contribution in [2.45, 2.75) is 18.7 Å². The van der Waals surface area contributed by atoms with E-state index in [0.717, 1.165) is 21.1 Å². The van der Waals surface area contributed by atoms with E-state index in [1.54, 1.807) is 0 Å². The maximum absolute atomic E-state index is 12.0. The van der Waals surface area contributed by atoms with Gasteiger partial charge in [-0.25, -0.2) is 12.7 Å². The zero-order valence-electron chi connectivity index (χ0n) is 14.7. The van der Waals surface area contributed by atoms with Crippen LogP contribution in [0.1, 0.15) is 11.1 Å². The monoisotopic (exact) mass is 362 g/mol. The molecule has 0 atom stereocenters. The Morgan fingerprint density at radius 1 is 1.08 bits per heavy atom. The van der Waals surface area contributed by atoms with Crippen LogP contribution in [0.5, 0.6) is 5.75 Å². The molecule has 0 unspecified atom stereocenters. The third-order valence-electron chi connectivity index (χ3n) is 3.85. The van der Waals surface area contributed by atoms with Crippen molar-refractivity contribution < 1.29 is 17.9 Å². The largest absolute Gasteiger partial charge is 0.484 e. The maximum atomic E-state index is 12.0. The molecule has 6 nitrogen and oxygen atoms in total. The summed E-state index contributed by atoms with van der Waals surface area (Å²) in [5.74, 6) is 0.146. The Bertz CT molecular complexity index is 859. The molecular formula is C18H22N2O4S. The standard InChI is InChI=1S/C18H22N2O4S/c1-13-6-5-7-17(14(13)2)19-18(21)12-24-15-8-10-16(11-9-15)25(22,23)20(3)4/h5-11H,12H2,1-4H3,(H,19,21). The Labute approximate surface area is 148 Å². The number of ether oxygens (including phenoxy) is 1. The van der Waals surface area contributed by atoms with Gasteiger partial charge in [-0.15, -0.1) is 0 Å². The molecule has 0 aliphatic carbocycles. The highest BCUT2D eigenvalue weighted by atomic mass is 32.2. The van der Waals surface area contributed by atoms with E-state index >= 15 is 0 Å². The predicted molar refractivity (Wildman–Crippen MR) is 97.4 cm³/mol. The molecule has 25 heavy (non-hydrogen) atoms. The first kappa shape index (κ1) is 19.0. The number of carbonyl (C=O) groups excluding carboxylic acids is 1. The number of anilines is 1. The van der Waals surface area contributed by atoms with Gasteiger partial charge in [0.15, 0.2) is 6.61 Å². The molecule has 0 saturated heterocycles. The molecule has 7 heteroatoms. The van der Waals surface area contributed by atoms with Crippen molar-refractivity contribution in [2.24, 2.45) is 0 Å². The molecule has 0 aliphatic rings. The van der Waals surface area contributed by atoms with Gasteiger partial charge in [-0.3, -0.25) is 4.79 Å². The van der Waals surface area contributed by atoms with E-state index in [2.05, 4.69) is 5.32 Å². The van der Waals surface area contributed by atoms with Crippen molar-refractivity contribution >= 4 is 21.6 Å². The van der Waals surface area contributed by atoms with Crippen LogP contribution in [-0.4, -0.2) is 39.3 Å². The second-order valence-electron chi connectivity index (χ2n) is 5.84. The number of nitrogens with zero attached hydrogens (tertiary/aromatic N) is 1. The molecule has 2 aromatic carbocycles. The number of rotatable bonds is 6. The van der Waals surface area contributed by atoms with Gasteiger partial charge in [0.25, 0.3) is 5.91 Å². The Hall–Kier alpha value is -2.38. The fourth-order valence-electron chi connectivity index (χ4n) is 2.14. The third kappa shape index (κ3) is 4.58. The number of sulfonamides is 1. The number of amides is 1. The summed E-state index contributed by atoms with van der Waals surface area (Å²) in [5, 5.41) is 2.81. The van der Waals surface area contributed by atoms with Gasteiger partial charge in [0, 0.05) is 19.8 Å². The van der Waals surface area contributed by atoms with Gasteiger partial charge >= 0.3 is 0 Å². The highest BCUT2D eigenvalue weighted by molar-refractivity contribution is 7.89. The van der Waals surface area contributed by atoms with Gasteiger partial charge in [0.2, 0.25) is 10.0 Å². The minimum Gasteiger partial charge on any atom is -0.484 e. The number of hydrogen-bond acceptors (Lipinski definition) is 4. The van der Waals surface area contributed by atoms with Gasteiger partial charge in [0.1, 0.15) is 5.75 Å². The quantitative estimate of drug-likeness (QED) is 0.857. The van der Waals surface area contributed by atoms with E-state index in [1.165, 1.54) is 38.4 Å². The molecule has 1 amide bonds. The van der Waals surface area contributed by atoms with Crippen molar-refractivity contribution in [3.8, 4) is 5.75 Å². The van der Waals surface area contributed by atoms with E-state index in [4.69, 9.17) is 4.74 Å². The van der Waals surface area contributed by atoms with E-state index in [0.29, 0.717) is 5.75 Å². The average Bonchev–Trinajstić information content (AvgIpc) is 2.57. The lowest BCUT2D eigenvalue weighted by Gasteiger charge is -2.13. The summed E-state index contributed by atoms with van der Waals surface area (Å²) in [5.41, 5.74) is 2.85. The van der Waals surface area contributed by atoms with Gasteiger partial charge < -0.3 is 10.1 Å². The molecule has 0 radical (unpaired) electrons. The fraction of sp³-hybridized carbons (Fsp3) is 0.278. The first-order valence-electron chi connectivity index (χ1n) is 7.73. The van der Waals surface area contributed by atoms with Gasteiger partial charge in [-0.1, -0.05) is 12.1 Å². The fourth-order valence-corrected chi connectivity index (χ4v) is 3.04. The molecule has 0 aliphatic heterocycles. The van der Waals surface area contributed by atoms with Crippen LogP contribution in [0.4, 0.5) is 5.69 Å². The lowest BCUT2D eigenvalue weighted by molar-refractivity contribution is -0.118. The predicted octanol–water partition coefficient (Wildman–Crippen LogP) is 2.57. The second kappa shape index (κ2) is 7.67. The van der Waals surface area contributed by atoms with E-state index in [-0.39, 0.29) is 17.4 Å². The summed E-state index contributed by atoms with van der Waals surface area (Å²) in [6, 6.07) is 11.7. The number of benzene rings is 2. The van der Waals surface area contributed by atoms with Crippen molar-refractivity contribution in [1.29, 1.82) is 0 Å². The normalized spacial score (nSPS) is 11.4. The van der Waals surface area contributed by atoms with Gasteiger partial charge in [0.05, 0.1) is 4.90 Å². The van der Waals surface area contributed by atoms with E-state index in [1.807, 2.05) is 32.0 Å². The summed E-state index contributed by atoms with van der Waals surface area (Å²) in [6.07, 6.45) is 0. The van der Waals surface area contributed by atoms with Crippen LogP contribution in [0.25, 0.3) is 0 Å². The number of hydrogen-bond donors (Lipinski definition) is 1. The molecule has 0 spiro atoms. The Morgan fingerprint density at radius 2 is 1.72 bits per heavy atom. The van der Waals surface area contributed by atoms with Crippen LogP contribution < -0.4 is 10.1 Å². The van der Waals surface area contributed by atoms with E-state index in [9.17, 15) is 13.2 Å². The zero-order chi connectivity index (χ0) is 18.6. The highest BCUT2D eigenvalue weighted by Crippen LogP contribution is 2.19. The van der Waals surface area contributed by atoms with Crippen LogP contribution in [0.15, 0.2) is 47.4 Å². The second-order valence-corrected chi connectivity index (χ2v) is 7.99. The Balaban J connectivity index is 1.97. The first-order chi connectivity index (χ1) is 11.7.